The first-order chi connectivity index (χ1) is 12.7. The summed E-state index contributed by atoms with van der Waals surface area (Å²) in [5.74, 6) is 0.927. The van der Waals surface area contributed by atoms with Crippen LogP contribution in [0.2, 0.25) is 0 Å². The highest BCUT2D eigenvalue weighted by molar-refractivity contribution is 5.81. The lowest BCUT2D eigenvalue weighted by Crippen LogP contribution is -2.43. The topological polar surface area (TPSA) is 40.6 Å². The Labute approximate surface area is 156 Å². The Bertz CT molecular complexity index is 658. The fourth-order valence-corrected chi connectivity index (χ4v) is 4.90. The van der Waals surface area contributed by atoms with Crippen LogP contribution in [0.3, 0.4) is 0 Å². The molecule has 26 heavy (non-hydrogen) atoms. The van der Waals surface area contributed by atoms with Crippen LogP contribution in [-0.2, 0) is 22.6 Å². The summed E-state index contributed by atoms with van der Waals surface area (Å²) < 4.78 is 0. The highest BCUT2D eigenvalue weighted by Gasteiger charge is 2.34. The number of fused-ring (bicyclic) bond motifs is 1. The van der Waals surface area contributed by atoms with E-state index in [2.05, 4.69) is 29.2 Å². The van der Waals surface area contributed by atoms with Crippen LogP contribution in [0.25, 0.3) is 0 Å². The summed E-state index contributed by atoms with van der Waals surface area (Å²) in [6.07, 6.45) is 8.04. The van der Waals surface area contributed by atoms with Gasteiger partial charge in [0.2, 0.25) is 11.8 Å². The van der Waals surface area contributed by atoms with Gasteiger partial charge in [-0.2, -0.15) is 0 Å². The van der Waals surface area contributed by atoms with Crippen molar-refractivity contribution in [2.75, 3.05) is 19.6 Å². The molecule has 2 heterocycles. The number of rotatable bonds is 2. The van der Waals surface area contributed by atoms with Crippen LogP contribution < -0.4 is 0 Å². The maximum Gasteiger partial charge on any atom is 0.225 e. The lowest BCUT2D eigenvalue weighted by atomic mass is 9.80. The molecule has 4 heteroatoms. The van der Waals surface area contributed by atoms with Crippen molar-refractivity contribution in [3.63, 3.8) is 0 Å². The number of carbonyl (C=O) groups is 2. The van der Waals surface area contributed by atoms with Crippen molar-refractivity contribution < 1.29 is 9.59 Å². The van der Waals surface area contributed by atoms with E-state index in [0.717, 1.165) is 71.1 Å². The van der Waals surface area contributed by atoms with Gasteiger partial charge in [-0.25, -0.2) is 0 Å². The molecule has 140 valence electrons. The van der Waals surface area contributed by atoms with Gasteiger partial charge in [-0.05, 0) is 62.5 Å². The van der Waals surface area contributed by atoms with Gasteiger partial charge in [0.05, 0.1) is 0 Å². The molecular formula is C22H30N2O2. The molecule has 0 aromatic heterocycles. The summed E-state index contributed by atoms with van der Waals surface area (Å²) in [6.45, 7) is 3.46. The van der Waals surface area contributed by atoms with Crippen LogP contribution in [0.1, 0.15) is 56.1 Å². The summed E-state index contributed by atoms with van der Waals surface area (Å²) >= 11 is 0. The van der Waals surface area contributed by atoms with Gasteiger partial charge in [-0.3, -0.25) is 9.59 Å². The monoisotopic (exact) mass is 354 g/mol. The first kappa shape index (κ1) is 17.6. The van der Waals surface area contributed by atoms with Crippen LogP contribution in [0.15, 0.2) is 24.3 Å². The fourth-order valence-electron chi connectivity index (χ4n) is 4.90. The van der Waals surface area contributed by atoms with Crippen molar-refractivity contribution in [3.8, 4) is 0 Å². The van der Waals surface area contributed by atoms with Crippen molar-refractivity contribution in [2.24, 2.45) is 11.8 Å². The predicted molar refractivity (Wildman–Crippen MR) is 101 cm³/mol. The predicted octanol–water partition coefficient (Wildman–Crippen LogP) is 3.39. The summed E-state index contributed by atoms with van der Waals surface area (Å²) in [5, 5.41) is 0. The summed E-state index contributed by atoms with van der Waals surface area (Å²) in [4.78, 5) is 29.8. The number of carbonyl (C=O) groups excluding carboxylic acids is 2. The third-order valence-electron chi connectivity index (χ3n) is 6.54. The van der Waals surface area contributed by atoms with Crippen LogP contribution >= 0.6 is 0 Å². The standard InChI is InChI=1S/C22H30N2O2/c25-21(23-13-4-1-5-14-23)18-8-10-19(11-9-18)22(26)24-15-12-17-6-2-3-7-20(17)16-24/h2-3,6-7,18-19H,1,4-5,8-16H2. The van der Waals surface area contributed by atoms with E-state index in [-0.39, 0.29) is 11.8 Å². The minimum absolute atomic E-state index is 0.116. The number of piperidine rings is 1. The minimum atomic E-state index is 0.116. The minimum Gasteiger partial charge on any atom is -0.342 e. The molecule has 0 unspecified atom stereocenters. The number of hydrogen-bond donors (Lipinski definition) is 0. The van der Waals surface area contributed by atoms with Crippen molar-refractivity contribution in [1.82, 2.24) is 9.80 Å². The molecule has 2 amide bonds. The van der Waals surface area contributed by atoms with E-state index in [4.69, 9.17) is 0 Å². The van der Waals surface area contributed by atoms with Crippen molar-refractivity contribution in [2.45, 2.75) is 57.9 Å². The van der Waals surface area contributed by atoms with E-state index in [1.54, 1.807) is 0 Å². The first-order valence-corrected chi connectivity index (χ1v) is 10.4. The zero-order chi connectivity index (χ0) is 17.9. The van der Waals surface area contributed by atoms with Crippen molar-refractivity contribution >= 4 is 11.8 Å². The lowest BCUT2D eigenvalue weighted by Gasteiger charge is -2.36. The van der Waals surface area contributed by atoms with Crippen LogP contribution in [0, 0.1) is 11.8 Å². The van der Waals surface area contributed by atoms with Gasteiger partial charge in [0.25, 0.3) is 0 Å². The Morgan fingerprint density at radius 2 is 1.31 bits per heavy atom. The van der Waals surface area contributed by atoms with E-state index < -0.39 is 0 Å². The van der Waals surface area contributed by atoms with Gasteiger partial charge in [0, 0.05) is 38.0 Å². The Kier molecular flexibility index (Phi) is 5.28. The van der Waals surface area contributed by atoms with E-state index in [1.165, 1.54) is 17.5 Å². The van der Waals surface area contributed by atoms with Crippen LogP contribution in [0.4, 0.5) is 0 Å². The van der Waals surface area contributed by atoms with Gasteiger partial charge in [0.1, 0.15) is 0 Å². The highest BCUT2D eigenvalue weighted by Crippen LogP contribution is 2.33. The maximum absolute atomic E-state index is 13.0. The highest BCUT2D eigenvalue weighted by atomic mass is 16.2. The quantitative estimate of drug-likeness (QED) is 0.817. The Balaban J connectivity index is 1.30. The van der Waals surface area contributed by atoms with Gasteiger partial charge in [-0.15, -0.1) is 0 Å². The molecule has 1 aromatic rings. The van der Waals surface area contributed by atoms with Crippen molar-refractivity contribution in [3.05, 3.63) is 35.4 Å². The van der Waals surface area contributed by atoms with E-state index in [0.29, 0.717) is 11.8 Å². The van der Waals surface area contributed by atoms with E-state index in [9.17, 15) is 9.59 Å². The number of amides is 2. The lowest BCUT2D eigenvalue weighted by molar-refractivity contribution is -0.142. The largest absolute Gasteiger partial charge is 0.342 e. The van der Waals surface area contributed by atoms with Gasteiger partial charge < -0.3 is 9.80 Å². The molecule has 1 saturated heterocycles. The maximum atomic E-state index is 13.0. The molecule has 1 aliphatic carbocycles. The number of hydrogen-bond acceptors (Lipinski definition) is 2. The van der Waals surface area contributed by atoms with Gasteiger partial charge >= 0.3 is 0 Å². The average molecular weight is 354 g/mol. The first-order valence-electron chi connectivity index (χ1n) is 10.4. The Morgan fingerprint density at radius 3 is 1.96 bits per heavy atom. The molecule has 0 atom stereocenters. The zero-order valence-electron chi connectivity index (χ0n) is 15.7. The Hall–Kier alpha value is -1.84. The number of nitrogens with zero attached hydrogens (tertiary/aromatic N) is 2. The zero-order valence-corrected chi connectivity index (χ0v) is 15.7. The smallest absolute Gasteiger partial charge is 0.225 e. The molecule has 0 spiro atoms. The molecule has 3 aliphatic rings. The molecule has 4 nitrogen and oxygen atoms in total. The van der Waals surface area contributed by atoms with Crippen molar-refractivity contribution in [1.29, 1.82) is 0 Å². The molecule has 2 fully saturated rings. The van der Waals surface area contributed by atoms with Gasteiger partial charge in [-0.1, -0.05) is 24.3 Å². The number of benzene rings is 1. The fraction of sp³-hybridized carbons (Fsp3) is 0.636. The molecule has 1 saturated carbocycles. The summed E-state index contributed by atoms with van der Waals surface area (Å²) in [7, 11) is 0. The molecular weight excluding hydrogens is 324 g/mol. The Morgan fingerprint density at radius 1 is 0.731 bits per heavy atom. The molecule has 2 aliphatic heterocycles. The average Bonchev–Trinajstić information content (AvgIpc) is 2.73. The third-order valence-corrected chi connectivity index (χ3v) is 6.54. The summed E-state index contributed by atoms with van der Waals surface area (Å²) in [6, 6.07) is 8.46. The number of likely N-dealkylation sites (tertiary alicyclic amines) is 1. The van der Waals surface area contributed by atoms with Gasteiger partial charge in [0.15, 0.2) is 0 Å². The normalized spacial score (nSPS) is 26.3. The molecule has 0 radical (unpaired) electrons. The second-order valence-corrected chi connectivity index (χ2v) is 8.21. The SMILES string of the molecule is O=C(C1CCC(C(=O)N2CCc3ccccc3C2)CC1)N1CCCCC1. The second kappa shape index (κ2) is 7.81. The second-order valence-electron chi connectivity index (χ2n) is 8.21. The molecule has 0 N–H and O–H groups in total. The molecule has 1 aromatic carbocycles. The van der Waals surface area contributed by atoms with E-state index >= 15 is 0 Å². The van der Waals surface area contributed by atoms with E-state index in [1.807, 2.05) is 4.90 Å². The van der Waals surface area contributed by atoms with Crippen LogP contribution in [-0.4, -0.2) is 41.2 Å². The summed E-state index contributed by atoms with van der Waals surface area (Å²) in [5.41, 5.74) is 2.67. The third kappa shape index (κ3) is 3.65. The molecule has 4 rings (SSSR count). The van der Waals surface area contributed by atoms with Crippen LogP contribution in [0.5, 0.6) is 0 Å². The molecule has 0 bridgehead atoms.